The van der Waals surface area contributed by atoms with Crippen LogP contribution in [0.3, 0.4) is 0 Å². The van der Waals surface area contributed by atoms with Gasteiger partial charge in [-0.2, -0.15) is 0 Å². The highest BCUT2D eigenvalue weighted by Gasteiger charge is 2.21. The molecular formula is C16H15NO5. The molecule has 2 heterocycles. The summed E-state index contributed by atoms with van der Waals surface area (Å²) in [6.45, 7) is 2.15. The molecule has 3 rings (SSSR count). The van der Waals surface area contributed by atoms with Crippen molar-refractivity contribution < 1.29 is 23.8 Å². The molecule has 114 valence electrons. The van der Waals surface area contributed by atoms with E-state index in [4.69, 9.17) is 14.2 Å². The second-order valence-electron chi connectivity index (χ2n) is 4.87. The summed E-state index contributed by atoms with van der Waals surface area (Å²) in [5.74, 6) is -0.985. The van der Waals surface area contributed by atoms with Crippen LogP contribution in [0.2, 0.25) is 0 Å². The molecular weight excluding hydrogens is 286 g/mol. The highest BCUT2D eigenvalue weighted by molar-refractivity contribution is 6.10. The number of hydrogen-bond donors (Lipinski definition) is 1. The normalized spacial score (nSPS) is 14.0. The van der Waals surface area contributed by atoms with Crippen molar-refractivity contribution in [1.29, 1.82) is 0 Å². The van der Waals surface area contributed by atoms with E-state index in [-0.39, 0.29) is 24.8 Å². The van der Waals surface area contributed by atoms with Crippen LogP contribution in [-0.2, 0) is 19.0 Å². The van der Waals surface area contributed by atoms with Crippen LogP contribution in [0.1, 0.15) is 16.1 Å². The van der Waals surface area contributed by atoms with Crippen molar-refractivity contribution >= 4 is 22.7 Å². The van der Waals surface area contributed by atoms with E-state index in [1.54, 1.807) is 0 Å². The maximum atomic E-state index is 12.3. The molecule has 2 aromatic rings. The van der Waals surface area contributed by atoms with Crippen molar-refractivity contribution in [2.75, 3.05) is 19.8 Å². The number of carbonyl (C=O) groups excluding carboxylic acids is 2. The van der Waals surface area contributed by atoms with Gasteiger partial charge in [0.1, 0.15) is 19.5 Å². The highest BCUT2D eigenvalue weighted by Crippen LogP contribution is 2.22. The summed E-state index contributed by atoms with van der Waals surface area (Å²) < 4.78 is 15.1. The fraction of sp³-hybridized carbons (Fsp3) is 0.250. The summed E-state index contributed by atoms with van der Waals surface area (Å²) in [6.07, 6.45) is 1.20. The van der Waals surface area contributed by atoms with Gasteiger partial charge in [-0.3, -0.25) is 4.79 Å². The zero-order valence-corrected chi connectivity index (χ0v) is 12.0. The van der Waals surface area contributed by atoms with Crippen molar-refractivity contribution in [2.45, 2.75) is 6.92 Å². The summed E-state index contributed by atoms with van der Waals surface area (Å²) in [5, 5.41) is 0.817. The standard InChI is InChI=1S/C16H15NO5/c1-10-15(11-4-2-3-5-12(11)17-10)13(18)8-22-16(19)14-9-20-6-7-21-14/h2-5,9,17H,6-8H2,1H3. The number of aryl methyl sites for hydroxylation is 1. The number of Topliss-reactive ketones (excluding diaryl/α,β-unsaturated/α-hetero) is 1. The van der Waals surface area contributed by atoms with Gasteiger partial charge in [-0.15, -0.1) is 0 Å². The molecule has 0 fully saturated rings. The molecule has 0 saturated carbocycles. The number of aromatic nitrogens is 1. The number of benzene rings is 1. The fourth-order valence-electron chi connectivity index (χ4n) is 2.39. The number of esters is 1. The topological polar surface area (TPSA) is 77.6 Å². The lowest BCUT2D eigenvalue weighted by Crippen LogP contribution is -2.20. The lowest BCUT2D eigenvalue weighted by atomic mass is 10.1. The van der Waals surface area contributed by atoms with Crippen molar-refractivity contribution in [1.82, 2.24) is 4.98 Å². The van der Waals surface area contributed by atoms with Crippen LogP contribution in [0, 0.1) is 6.92 Å². The largest absolute Gasteiger partial charge is 0.493 e. The van der Waals surface area contributed by atoms with Crippen molar-refractivity contribution in [3.05, 3.63) is 47.5 Å². The molecule has 22 heavy (non-hydrogen) atoms. The Kier molecular flexibility index (Phi) is 3.82. The second-order valence-corrected chi connectivity index (χ2v) is 4.87. The number of para-hydroxylation sites is 1. The van der Waals surface area contributed by atoms with E-state index < -0.39 is 5.97 Å². The maximum Gasteiger partial charge on any atom is 0.377 e. The number of carbonyl (C=O) groups is 2. The first kappa shape index (κ1) is 14.2. The van der Waals surface area contributed by atoms with E-state index in [0.29, 0.717) is 12.2 Å². The van der Waals surface area contributed by atoms with E-state index in [0.717, 1.165) is 16.6 Å². The smallest absolute Gasteiger partial charge is 0.377 e. The van der Waals surface area contributed by atoms with Crippen LogP contribution in [0.5, 0.6) is 0 Å². The lowest BCUT2D eigenvalue weighted by molar-refractivity contribution is -0.143. The van der Waals surface area contributed by atoms with Gasteiger partial charge in [0, 0.05) is 22.2 Å². The van der Waals surface area contributed by atoms with Gasteiger partial charge in [0.2, 0.25) is 11.5 Å². The molecule has 1 aliphatic heterocycles. The number of fused-ring (bicyclic) bond motifs is 1. The number of nitrogens with one attached hydrogen (secondary N) is 1. The summed E-state index contributed by atoms with van der Waals surface area (Å²) >= 11 is 0. The molecule has 0 radical (unpaired) electrons. The third kappa shape index (κ3) is 2.67. The van der Waals surface area contributed by atoms with Crippen LogP contribution in [0.25, 0.3) is 10.9 Å². The third-order valence-electron chi connectivity index (χ3n) is 3.36. The summed E-state index contributed by atoms with van der Waals surface area (Å²) in [7, 11) is 0. The van der Waals surface area contributed by atoms with Gasteiger partial charge in [0.15, 0.2) is 6.61 Å². The summed E-state index contributed by atoms with van der Waals surface area (Å²) in [6, 6.07) is 7.49. The minimum atomic E-state index is -0.703. The van der Waals surface area contributed by atoms with Crippen LogP contribution in [0.15, 0.2) is 36.3 Å². The van der Waals surface area contributed by atoms with Crippen LogP contribution >= 0.6 is 0 Å². The molecule has 1 aliphatic rings. The molecule has 6 heteroatoms. The number of rotatable bonds is 4. The lowest BCUT2D eigenvalue weighted by Gasteiger charge is -2.14. The van der Waals surface area contributed by atoms with Crippen molar-refractivity contribution in [3.8, 4) is 0 Å². The molecule has 1 aromatic heterocycles. The van der Waals surface area contributed by atoms with E-state index >= 15 is 0 Å². The van der Waals surface area contributed by atoms with Crippen molar-refractivity contribution in [2.24, 2.45) is 0 Å². The van der Waals surface area contributed by atoms with Crippen LogP contribution < -0.4 is 0 Å². The molecule has 0 bridgehead atoms. The average molecular weight is 301 g/mol. The molecule has 0 amide bonds. The summed E-state index contributed by atoms with van der Waals surface area (Å²) in [4.78, 5) is 27.2. The third-order valence-corrected chi connectivity index (χ3v) is 3.36. The molecule has 0 atom stereocenters. The molecule has 0 spiro atoms. The van der Waals surface area contributed by atoms with Crippen LogP contribution in [0.4, 0.5) is 0 Å². The Bertz CT molecular complexity index is 759. The number of hydrogen-bond acceptors (Lipinski definition) is 5. The Morgan fingerprint density at radius 2 is 2.09 bits per heavy atom. The Morgan fingerprint density at radius 3 is 2.86 bits per heavy atom. The van der Waals surface area contributed by atoms with Gasteiger partial charge in [-0.05, 0) is 13.0 Å². The minimum Gasteiger partial charge on any atom is -0.493 e. The fourth-order valence-corrected chi connectivity index (χ4v) is 2.39. The SMILES string of the molecule is Cc1[nH]c2ccccc2c1C(=O)COC(=O)C1=COCCO1. The van der Waals surface area contributed by atoms with Gasteiger partial charge in [-0.1, -0.05) is 18.2 Å². The quantitative estimate of drug-likeness (QED) is 0.691. The first-order valence-corrected chi connectivity index (χ1v) is 6.89. The summed E-state index contributed by atoms with van der Waals surface area (Å²) in [5.41, 5.74) is 2.17. The molecule has 0 aliphatic carbocycles. The molecule has 6 nitrogen and oxygen atoms in total. The number of ketones is 1. The average Bonchev–Trinajstić information content (AvgIpc) is 2.89. The van der Waals surface area contributed by atoms with E-state index in [1.165, 1.54) is 6.26 Å². The Labute approximate surface area is 126 Å². The Morgan fingerprint density at radius 1 is 1.27 bits per heavy atom. The van der Waals surface area contributed by atoms with Gasteiger partial charge < -0.3 is 19.2 Å². The van der Waals surface area contributed by atoms with Crippen molar-refractivity contribution in [3.63, 3.8) is 0 Å². The minimum absolute atomic E-state index is 0.0188. The maximum absolute atomic E-state index is 12.3. The van der Waals surface area contributed by atoms with E-state index in [1.807, 2.05) is 31.2 Å². The zero-order chi connectivity index (χ0) is 15.5. The number of ether oxygens (including phenoxy) is 3. The second kappa shape index (κ2) is 5.93. The molecule has 1 aromatic carbocycles. The van der Waals surface area contributed by atoms with Gasteiger partial charge in [0.25, 0.3) is 0 Å². The highest BCUT2D eigenvalue weighted by atomic mass is 16.6. The molecule has 1 N–H and O–H groups in total. The van der Waals surface area contributed by atoms with Gasteiger partial charge in [-0.25, -0.2) is 4.79 Å². The molecule has 0 saturated heterocycles. The Balaban J connectivity index is 1.72. The zero-order valence-electron chi connectivity index (χ0n) is 12.0. The van der Waals surface area contributed by atoms with Crippen LogP contribution in [-0.4, -0.2) is 36.6 Å². The monoisotopic (exact) mass is 301 g/mol. The number of H-pyrrole nitrogens is 1. The number of aromatic amines is 1. The first-order valence-electron chi connectivity index (χ1n) is 6.89. The van der Waals surface area contributed by atoms with Gasteiger partial charge >= 0.3 is 5.97 Å². The van der Waals surface area contributed by atoms with Gasteiger partial charge in [0.05, 0.1) is 0 Å². The first-order chi connectivity index (χ1) is 10.7. The predicted molar refractivity (Wildman–Crippen MR) is 78.3 cm³/mol. The van der Waals surface area contributed by atoms with E-state index in [2.05, 4.69) is 4.98 Å². The predicted octanol–water partition coefficient (Wildman–Crippen LogP) is 2.09. The molecule has 0 unspecified atom stereocenters. The van der Waals surface area contributed by atoms with E-state index in [9.17, 15) is 9.59 Å². The Hall–Kier alpha value is -2.76.